The molecule has 29 heavy (non-hydrogen) atoms. The van der Waals surface area contributed by atoms with Gasteiger partial charge in [-0.15, -0.1) is 0 Å². The highest BCUT2D eigenvalue weighted by molar-refractivity contribution is 5.91. The molecule has 0 bridgehead atoms. The molecule has 8 nitrogen and oxygen atoms in total. The molecule has 8 heteroatoms. The van der Waals surface area contributed by atoms with Gasteiger partial charge >= 0.3 is 0 Å². The number of aryl methyl sites for hydroxylation is 1. The van der Waals surface area contributed by atoms with E-state index in [-0.39, 0.29) is 31.3 Å². The van der Waals surface area contributed by atoms with Gasteiger partial charge in [-0.1, -0.05) is 0 Å². The van der Waals surface area contributed by atoms with E-state index in [1.165, 1.54) is 10.9 Å². The summed E-state index contributed by atoms with van der Waals surface area (Å²) in [4.78, 5) is 24.2. The van der Waals surface area contributed by atoms with Crippen LogP contribution in [0, 0.1) is 5.92 Å². The minimum atomic E-state index is -0.135. The van der Waals surface area contributed by atoms with Gasteiger partial charge in [0.1, 0.15) is 23.6 Å². The van der Waals surface area contributed by atoms with Gasteiger partial charge < -0.3 is 24.4 Å². The molecule has 4 rings (SSSR count). The lowest BCUT2D eigenvalue weighted by Gasteiger charge is -2.20. The lowest BCUT2D eigenvalue weighted by molar-refractivity contribution is 0.201. The average molecular weight is 396 g/mol. The van der Waals surface area contributed by atoms with Crippen LogP contribution in [0.1, 0.15) is 6.42 Å². The fourth-order valence-electron chi connectivity index (χ4n) is 3.64. The Hall–Kier alpha value is -2.97. The number of aromatic nitrogens is 3. The minimum absolute atomic E-state index is 0.0391. The Kier molecular flexibility index (Phi) is 5.46. The summed E-state index contributed by atoms with van der Waals surface area (Å²) >= 11 is 0. The van der Waals surface area contributed by atoms with Crippen LogP contribution in [0.15, 0.2) is 41.5 Å². The molecule has 1 fully saturated rings. The fourth-order valence-corrected chi connectivity index (χ4v) is 3.64. The van der Waals surface area contributed by atoms with E-state index in [2.05, 4.69) is 9.88 Å². The Bertz CT molecular complexity index is 1060. The molecule has 152 valence electrons. The largest absolute Gasteiger partial charge is 0.491 e. The molecule has 2 N–H and O–H groups in total. The van der Waals surface area contributed by atoms with Crippen LogP contribution in [0.2, 0.25) is 0 Å². The van der Waals surface area contributed by atoms with Crippen molar-refractivity contribution in [2.24, 2.45) is 13.0 Å². The van der Waals surface area contributed by atoms with Crippen molar-refractivity contribution in [3.63, 3.8) is 0 Å². The maximum atomic E-state index is 12.8. The molecule has 3 aromatic rings. The number of hydrogen-bond donors (Lipinski definition) is 2. The van der Waals surface area contributed by atoms with Crippen LogP contribution in [0.4, 0.5) is 5.82 Å². The zero-order valence-electron chi connectivity index (χ0n) is 16.3. The van der Waals surface area contributed by atoms with Crippen LogP contribution in [0.3, 0.4) is 0 Å². The first-order chi connectivity index (χ1) is 14.1. The molecular formula is C21H24N4O4. The number of hydrogen-bond acceptors (Lipinski definition) is 7. The molecule has 2 aromatic heterocycles. The SMILES string of the molecule is Cn1cnc2cc(-c3ccc(OCCO)cc3)nc(N3CCC(CO)C3)c2c1=O. The molecule has 1 atom stereocenters. The van der Waals surface area contributed by atoms with Crippen molar-refractivity contribution in [1.29, 1.82) is 0 Å². The highest BCUT2D eigenvalue weighted by atomic mass is 16.5. The second kappa shape index (κ2) is 8.18. The Morgan fingerprint density at radius 3 is 2.72 bits per heavy atom. The van der Waals surface area contributed by atoms with Gasteiger partial charge in [0, 0.05) is 38.2 Å². The summed E-state index contributed by atoms with van der Waals surface area (Å²) in [5.41, 5.74) is 2.06. The molecule has 1 saturated heterocycles. The minimum Gasteiger partial charge on any atom is -0.491 e. The summed E-state index contributed by atoms with van der Waals surface area (Å²) in [5.74, 6) is 1.46. The molecule has 0 radical (unpaired) electrons. The third-order valence-corrected chi connectivity index (χ3v) is 5.24. The summed E-state index contributed by atoms with van der Waals surface area (Å²) in [5, 5.41) is 18.9. The van der Waals surface area contributed by atoms with Crippen LogP contribution in [-0.2, 0) is 7.05 Å². The van der Waals surface area contributed by atoms with Gasteiger partial charge in [0.05, 0.1) is 24.1 Å². The maximum Gasteiger partial charge on any atom is 0.264 e. The number of nitrogens with zero attached hydrogens (tertiary/aromatic N) is 4. The second-order valence-corrected chi connectivity index (χ2v) is 7.27. The maximum absolute atomic E-state index is 12.8. The summed E-state index contributed by atoms with van der Waals surface area (Å²) in [6.07, 6.45) is 2.38. The van der Waals surface area contributed by atoms with E-state index in [4.69, 9.17) is 14.8 Å². The predicted molar refractivity (Wildman–Crippen MR) is 110 cm³/mol. The van der Waals surface area contributed by atoms with E-state index in [1.807, 2.05) is 30.3 Å². The molecular weight excluding hydrogens is 372 g/mol. The number of aliphatic hydroxyl groups excluding tert-OH is 2. The van der Waals surface area contributed by atoms with Crippen molar-refractivity contribution in [3.05, 3.63) is 47.0 Å². The zero-order chi connectivity index (χ0) is 20.4. The number of anilines is 1. The van der Waals surface area contributed by atoms with Gasteiger partial charge in [0.25, 0.3) is 5.56 Å². The van der Waals surface area contributed by atoms with Gasteiger partial charge in [0.15, 0.2) is 0 Å². The van der Waals surface area contributed by atoms with E-state index in [1.54, 1.807) is 7.05 Å². The molecule has 0 aliphatic carbocycles. The molecule has 0 amide bonds. The quantitative estimate of drug-likeness (QED) is 0.645. The Balaban J connectivity index is 1.80. The summed E-state index contributed by atoms with van der Waals surface area (Å²) in [6.45, 7) is 1.73. The third-order valence-electron chi connectivity index (χ3n) is 5.24. The average Bonchev–Trinajstić information content (AvgIpc) is 3.24. The van der Waals surface area contributed by atoms with Crippen LogP contribution in [-0.4, -0.2) is 57.7 Å². The Labute approximate surface area is 168 Å². The van der Waals surface area contributed by atoms with Gasteiger partial charge in [-0.05, 0) is 36.8 Å². The number of rotatable bonds is 6. The first-order valence-corrected chi connectivity index (χ1v) is 9.67. The van der Waals surface area contributed by atoms with Crippen LogP contribution < -0.4 is 15.2 Å². The van der Waals surface area contributed by atoms with Gasteiger partial charge in [-0.2, -0.15) is 0 Å². The molecule has 0 saturated carbocycles. The van der Waals surface area contributed by atoms with E-state index in [0.29, 0.717) is 29.0 Å². The number of aliphatic hydroxyl groups is 2. The van der Waals surface area contributed by atoms with Gasteiger partial charge in [-0.25, -0.2) is 9.97 Å². The Morgan fingerprint density at radius 1 is 1.24 bits per heavy atom. The normalized spacial score (nSPS) is 16.5. The first kappa shape index (κ1) is 19.4. The lowest BCUT2D eigenvalue weighted by atomic mass is 10.1. The molecule has 1 unspecified atom stereocenters. The molecule has 1 aliphatic heterocycles. The predicted octanol–water partition coefficient (Wildman–Crippen LogP) is 1.19. The number of benzene rings is 1. The highest BCUT2D eigenvalue weighted by Crippen LogP contribution is 2.31. The van der Waals surface area contributed by atoms with Crippen molar-refractivity contribution in [1.82, 2.24) is 14.5 Å². The van der Waals surface area contributed by atoms with E-state index in [0.717, 1.165) is 24.2 Å². The number of ether oxygens (including phenoxy) is 1. The summed E-state index contributed by atoms with van der Waals surface area (Å²) in [6, 6.07) is 9.26. The Morgan fingerprint density at radius 2 is 2.03 bits per heavy atom. The summed E-state index contributed by atoms with van der Waals surface area (Å²) < 4.78 is 6.87. The van der Waals surface area contributed by atoms with Gasteiger partial charge in [-0.3, -0.25) is 4.79 Å². The second-order valence-electron chi connectivity index (χ2n) is 7.27. The van der Waals surface area contributed by atoms with E-state index >= 15 is 0 Å². The molecule has 0 spiro atoms. The van der Waals surface area contributed by atoms with Crippen molar-refractivity contribution in [3.8, 4) is 17.0 Å². The molecule has 1 aliphatic rings. The number of pyridine rings is 1. The number of fused-ring (bicyclic) bond motifs is 1. The third kappa shape index (κ3) is 3.81. The monoisotopic (exact) mass is 396 g/mol. The standard InChI is InChI=1S/C21H24N4O4/c1-24-13-22-18-10-17(15-2-4-16(5-3-15)29-9-8-26)23-20(19(18)21(24)28)25-7-6-14(11-25)12-27/h2-5,10,13-14,26-27H,6-9,11-12H2,1H3. The van der Waals surface area contributed by atoms with Crippen LogP contribution in [0.5, 0.6) is 5.75 Å². The van der Waals surface area contributed by atoms with E-state index in [9.17, 15) is 9.90 Å². The molecule has 1 aromatic carbocycles. The lowest BCUT2D eigenvalue weighted by Crippen LogP contribution is -2.26. The van der Waals surface area contributed by atoms with Crippen molar-refractivity contribution >= 4 is 16.7 Å². The van der Waals surface area contributed by atoms with Crippen molar-refractivity contribution in [2.75, 3.05) is 37.8 Å². The topological polar surface area (TPSA) is 101 Å². The fraction of sp³-hybridized carbons (Fsp3) is 0.381. The van der Waals surface area contributed by atoms with Gasteiger partial charge in [0.2, 0.25) is 0 Å². The zero-order valence-corrected chi connectivity index (χ0v) is 16.3. The van der Waals surface area contributed by atoms with Crippen LogP contribution in [0.25, 0.3) is 22.2 Å². The van der Waals surface area contributed by atoms with E-state index < -0.39 is 0 Å². The first-order valence-electron chi connectivity index (χ1n) is 9.67. The molecule has 3 heterocycles. The highest BCUT2D eigenvalue weighted by Gasteiger charge is 2.26. The summed E-state index contributed by atoms with van der Waals surface area (Å²) in [7, 11) is 1.68. The smallest absolute Gasteiger partial charge is 0.264 e. The van der Waals surface area contributed by atoms with Crippen molar-refractivity contribution < 1.29 is 14.9 Å². The van der Waals surface area contributed by atoms with Crippen LogP contribution >= 0.6 is 0 Å². The van der Waals surface area contributed by atoms with Crippen molar-refractivity contribution in [2.45, 2.75) is 6.42 Å².